The number of hydrogen-bond donors (Lipinski definition) is 0. The fourth-order valence-corrected chi connectivity index (χ4v) is 0.433. The Bertz CT molecular complexity index is 101. The molecule has 0 radical (unpaired) electrons. The van der Waals surface area contributed by atoms with E-state index in [-0.39, 0.29) is 6.29 Å². The molecular weight excluding hydrogens is 120 g/mol. The van der Waals surface area contributed by atoms with Crippen LogP contribution in [0.4, 0.5) is 0 Å². The highest BCUT2D eigenvalue weighted by Crippen LogP contribution is 1.95. The zero-order valence-electron chi connectivity index (χ0n) is 5.59. The van der Waals surface area contributed by atoms with Crippen molar-refractivity contribution in [3.05, 3.63) is 6.08 Å². The van der Waals surface area contributed by atoms with Gasteiger partial charge in [0.25, 0.3) is 0 Å². The molecule has 0 amide bonds. The highest BCUT2D eigenvalue weighted by atomic mass is 16.7. The van der Waals surface area contributed by atoms with Gasteiger partial charge in [0.05, 0.1) is 0 Å². The standard InChI is InChI=1S/C6H10O3/c1-8-6(9-2)4-3-5-7/h3,6H,4H2,1-2H3. The van der Waals surface area contributed by atoms with E-state index in [4.69, 9.17) is 9.47 Å². The number of methoxy groups -OCH3 is 2. The van der Waals surface area contributed by atoms with E-state index in [0.717, 1.165) is 0 Å². The lowest BCUT2D eigenvalue weighted by molar-refractivity contribution is -0.0984. The van der Waals surface area contributed by atoms with Crippen molar-refractivity contribution in [2.24, 2.45) is 0 Å². The molecule has 0 heterocycles. The Balaban J connectivity index is 3.42. The molecule has 0 unspecified atom stereocenters. The van der Waals surface area contributed by atoms with Crippen LogP contribution >= 0.6 is 0 Å². The van der Waals surface area contributed by atoms with Crippen LogP contribution in [0, 0.1) is 0 Å². The molecule has 3 heteroatoms. The molecule has 0 fully saturated rings. The van der Waals surface area contributed by atoms with Crippen molar-refractivity contribution >= 4 is 5.94 Å². The van der Waals surface area contributed by atoms with Crippen molar-refractivity contribution in [1.82, 2.24) is 0 Å². The molecule has 0 bridgehead atoms. The van der Waals surface area contributed by atoms with E-state index in [9.17, 15) is 4.79 Å². The summed E-state index contributed by atoms with van der Waals surface area (Å²) in [6, 6.07) is 0. The van der Waals surface area contributed by atoms with Crippen molar-refractivity contribution < 1.29 is 14.3 Å². The Kier molecular flexibility index (Phi) is 5.12. The summed E-state index contributed by atoms with van der Waals surface area (Å²) in [6.45, 7) is 0. The van der Waals surface area contributed by atoms with Crippen molar-refractivity contribution in [2.75, 3.05) is 14.2 Å². The van der Waals surface area contributed by atoms with Gasteiger partial charge in [-0.25, -0.2) is 4.79 Å². The smallest absolute Gasteiger partial charge is 0.160 e. The van der Waals surface area contributed by atoms with Gasteiger partial charge in [0, 0.05) is 26.7 Å². The molecule has 0 rings (SSSR count). The summed E-state index contributed by atoms with van der Waals surface area (Å²) < 4.78 is 9.54. The molecule has 0 aromatic rings. The molecule has 0 aromatic carbocycles. The SMILES string of the molecule is COC(CC=C=O)OC. The van der Waals surface area contributed by atoms with E-state index in [1.165, 1.54) is 20.3 Å². The first-order chi connectivity index (χ1) is 4.35. The summed E-state index contributed by atoms with van der Waals surface area (Å²) in [5.74, 6) is 1.63. The first-order valence-electron chi connectivity index (χ1n) is 2.60. The molecule has 0 N–H and O–H groups in total. The average molecular weight is 130 g/mol. The van der Waals surface area contributed by atoms with Crippen LogP contribution in [0.15, 0.2) is 6.08 Å². The van der Waals surface area contributed by atoms with Gasteiger partial charge in [-0.15, -0.1) is 0 Å². The molecule has 0 aliphatic carbocycles. The van der Waals surface area contributed by atoms with Crippen LogP contribution in [0.3, 0.4) is 0 Å². The Morgan fingerprint density at radius 1 is 1.56 bits per heavy atom. The van der Waals surface area contributed by atoms with Gasteiger partial charge in [-0.3, -0.25) is 0 Å². The Morgan fingerprint density at radius 3 is 2.44 bits per heavy atom. The van der Waals surface area contributed by atoms with Gasteiger partial charge in [0.15, 0.2) is 6.29 Å². The minimum atomic E-state index is -0.313. The lowest BCUT2D eigenvalue weighted by atomic mass is 10.4. The highest BCUT2D eigenvalue weighted by Gasteiger charge is 1.99. The van der Waals surface area contributed by atoms with Gasteiger partial charge in [-0.2, -0.15) is 0 Å². The molecule has 9 heavy (non-hydrogen) atoms. The van der Waals surface area contributed by atoms with Crippen LogP contribution in [0.25, 0.3) is 0 Å². The van der Waals surface area contributed by atoms with E-state index < -0.39 is 0 Å². The molecule has 0 saturated heterocycles. The van der Waals surface area contributed by atoms with Crippen molar-refractivity contribution in [1.29, 1.82) is 0 Å². The van der Waals surface area contributed by atoms with E-state index in [2.05, 4.69) is 0 Å². The molecular formula is C6H10O3. The molecule has 3 nitrogen and oxygen atoms in total. The lowest BCUT2D eigenvalue weighted by Gasteiger charge is -2.08. The molecule has 52 valence electrons. The Hall–Kier alpha value is -0.630. The second-order valence-electron chi connectivity index (χ2n) is 1.46. The van der Waals surface area contributed by atoms with Gasteiger partial charge < -0.3 is 9.47 Å². The van der Waals surface area contributed by atoms with Crippen LogP contribution in [0.5, 0.6) is 0 Å². The van der Waals surface area contributed by atoms with E-state index >= 15 is 0 Å². The number of rotatable bonds is 4. The average Bonchev–Trinajstić information content (AvgIpc) is 1.91. The first-order valence-corrected chi connectivity index (χ1v) is 2.60. The third kappa shape index (κ3) is 3.91. The first kappa shape index (κ1) is 8.37. The largest absolute Gasteiger partial charge is 0.356 e. The van der Waals surface area contributed by atoms with E-state index in [0.29, 0.717) is 6.42 Å². The Morgan fingerprint density at radius 2 is 2.11 bits per heavy atom. The summed E-state index contributed by atoms with van der Waals surface area (Å²) in [5.41, 5.74) is 0. The summed E-state index contributed by atoms with van der Waals surface area (Å²) in [5, 5.41) is 0. The summed E-state index contributed by atoms with van der Waals surface area (Å²) in [7, 11) is 3.04. The van der Waals surface area contributed by atoms with Crippen molar-refractivity contribution in [2.45, 2.75) is 12.7 Å². The van der Waals surface area contributed by atoms with Gasteiger partial charge >= 0.3 is 0 Å². The van der Waals surface area contributed by atoms with Crippen LogP contribution in [-0.2, 0) is 14.3 Å². The summed E-state index contributed by atoms with van der Waals surface area (Å²) in [4.78, 5) is 9.65. The van der Waals surface area contributed by atoms with E-state index in [1.54, 1.807) is 5.94 Å². The zero-order valence-corrected chi connectivity index (χ0v) is 5.59. The third-order valence-electron chi connectivity index (χ3n) is 0.919. The highest BCUT2D eigenvalue weighted by molar-refractivity contribution is 5.44. The van der Waals surface area contributed by atoms with Gasteiger partial charge in [0.2, 0.25) is 0 Å². The monoisotopic (exact) mass is 130 g/mol. The summed E-state index contributed by atoms with van der Waals surface area (Å²) in [6.07, 6.45) is 1.47. The quantitative estimate of drug-likeness (QED) is 0.407. The van der Waals surface area contributed by atoms with Crippen molar-refractivity contribution in [3.8, 4) is 0 Å². The topological polar surface area (TPSA) is 35.5 Å². The number of carbonyl (C=O) groups excluding carboxylic acids is 1. The molecule has 0 aromatic heterocycles. The van der Waals surface area contributed by atoms with Gasteiger partial charge in [-0.05, 0) is 0 Å². The second-order valence-corrected chi connectivity index (χ2v) is 1.46. The predicted molar refractivity (Wildman–Crippen MR) is 32.7 cm³/mol. The fourth-order valence-electron chi connectivity index (χ4n) is 0.433. The van der Waals surface area contributed by atoms with Gasteiger partial charge in [-0.1, -0.05) is 0 Å². The number of hydrogen-bond acceptors (Lipinski definition) is 3. The van der Waals surface area contributed by atoms with Crippen LogP contribution in [0.1, 0.15) is 6.42 Å². The van der Waals surface area contributed by atoms with Crippen LogP contribution in [0.2, 0.25) is 0 Å². The van der Waals surface area contributed by atoms with Crippen LogP contribution < -0.4 is 0 Å². The second kappa shape index (κ2) is 5.51. The maximum absolute atomic E-state index is 9.65. The normalized spacial score (nSPS) is 9.22. The van der Waals surface area contributed by atoms with Gasteiger partial charge in [0.1, 0.15) is 5.94 Å². The third-order valence-corrected chi connectivity index (χ3v) is 0.919. The van der Waals surface area contributed by atoms with Crippen LogP contribution in [-0.4, -0.2) is 26.5 Å². The molecule has 0 spiro atoms. The maximum atomic E-state index is 9.65. The Labute approximate surface area is 54.3 Å². The fraction of sp³-hybridized carbons (Fsp3) is 0.667. The molecule has 0 aliphatic rings. The molecule has 0 aliphatic heterocycles. The minimum Gasteiger partial charge on any atom is -0.356 e. The predicted octanol–water partition coefficient (Wildman–Crippen LogP) is 0.383. The molecule has 0 saturated carbocycles. The lowest BCUT2D eigenvalue weighted by Crippen LogP contribution is -2.10. The number of ether oxygens (including phenoxy) is 2. The van der Waals surface area contributed by atoms with Crippen molar-refractivity contribution in [3.63, 3.8) is 0 Å². The minimum absolute atomic E-state index is 0.313. The summed E-state index contributed by atoms with van der Waals surface area (Å²) >= 11 is 0. The maximum Gasteiger partial charge on any atom is 0.160 e. The zero-order chi connectivity index (χ0) is 7.11. The van der Waals surface area contributed by atoms with E-state index in [1.807, 2.05) is 0 Å². The molecule has 0 atom stereocenters.